The van der Waals surface area contributed by atoms with Gasteiger partial charge >= 0.3 is 10.1 Å². The number of hydrogen-bond acceptors (Lipinski definition) is 7. The number of nitrogens with one attached hydrogen (secondary N) is 1. The van der Waals surface area contributed by atoms with E-state index in [2.05, 4.69) is 5.32 Å². The fourth-order valence-electron chi connectivity index (χ4n) is 4.12. The van der Waals surface area contributed by atoms with Gasteiger partial charge < -0.3 is 23.9 Å². The van der Waals surface area contributed by atoms with Gasteiger partial charge in [0.1, 0.15) is 22.1 Å². The van der Waals surface area contributed by atoms with Crippen molar-refractivity contribution in [2.75, 3.05) is 45.8 Å². The standard InChI is InChI=1S/C25H30N2O5S/c1-27(2)24-10-4-9-23-22(24)8-5-11-25(23)33(28,29)32-21-14-19(30-3)13-20(15-21)31-17-18-7-6-12-26-16-18/h4-5,8-11,13-15,18,26H,6-7,12,16-17H2,1-3H3. The fraction of sp³-hybridized carbons (Fsp3) is 0.360. The second-order valence-electron chi connectivity index (χ2n) is 8.43. The maximum Gasteiger partial charge on any atom is 0.339 e. The fourth-order valence-corrected chi connectivity index (χ4v) is 5.25. The van der Waals surface area contributed by atoms with Gasteiger partial charge in [0.2, 0.25) is 0 Å². The molecule has 7 nitrogen and oxygen atoms in total. The Bertz CT molecular complexity index is 1220. The van der Waals surface area contributed by atoms with Crippen LogP contribution in [0.25, 0.3) is 10.8 Å². The SMILES string of the molecule is COc1cc(OCC2CCCNC2)cc(OS(=O)(=O)c2cccc3c(N(C)C)cccc23)c1. The molecule has 4 rings (SSSR count). The Hall–Kier alpha value is -2.97. The molecule has 1 atom stereocenters. The first-order chi connectivity index (χ1) is 15.9. The molecular weight excluding hydrogens is 440 g/mol. The molecule has 0 aliphatic carbocycles. The predicted octanol–water partition coefficient (Wildman–Crippen LogP) is 4.06. The van der Waals surface area contributed by atoms with Crippen LogP contribution in [0.5, 0.6) is 17.2 Å². The number of benzene rings is 3. The normalized spacial score (nSPS) is 16.4. The maximum atomic E-state index is 13.3. The number of ether oxygens (including phenoxy) is 2. The highest BCUT2D eigenvalue weighted by Crippen LogP contribution is 2.34. The van der Waals surface area contributed by atoms with Crippen molar-refractivity contribution in [1.29, 1.82) is 0 Å². The van der Waals surface area contributed by atoms with Crippen LogP contribution in [0.4, 0.5) is 5.69 Å². The number of hydrogen-bond donors (Lipinski definition) is 1. The highest BCUT2D eigenvalue weighted by Gasteiger charge is 2.22. The van der Waals surface area contributed by atoms with Crippen LogP contribution in [-0.2, 0) is 10.1 Å². The van der Waals surface area contributed by atoms with E-state index >= 15 is 0 Å². The lowest BCUT2D eigenvalue weighted by molar-refractivity contribution is 0.217. The Morgan fingerprint density at radius 3 is 2.45 bits per heavy atom. The molecule has 1 aliphatic rings. The summed E-state index contributed by atoms with van der Waals surface area (Å²) in [4.78, 5) is 2.06. The van der Waals surface area contributed by atoms with Gasteiger partial charge in [0.25, 0.3) is 0 Å². The summed E-state index contributed by atoms with van der Waals surface area (Å²) in [5.74, 6) is 1.54. The van der Waals surface area contributed by atoms with E-state index in [9.17, 15) is 8.42 Å². The van der Waals surface area contributed by atoms with Crippen LogP contribution in [0, 0.1) is 5.92 Å². The molecule has 0 bridgehead atoms. The van der Waals surface area contributed by atoms with Gasteiger partial charge in [-0.15, -0.1) is 0 Å². The van der Waals surface area contributed by atoms with E-state index in [0.29, 0.717) is 29.4 Å². The zero-order valence-corrected chi connectivity index (χ0v) is 20.0. The molecule has 176 valence electrons. The van der Waals surface area contributed by atoms with Gasteiger partial charge in [0.15, 0.2) is 0 Å². The summed E-state index contributed by atoms with van der Waals surface area (Å²) in [6, 6.07) is 15.6. The summed E-state index contributed by atoms with van der Waals surface area (Å²) in [5, 5.41) is 4.81. The van der Waals surface area contributed by atoms with Crippen molar-refractivity contribution in [3.63, 3.8) is 0 Å². The molecule has 3 aromatic carbocycles. The lowest BCUT2D eigenvalue weighted by Crippen LogP contribution is -2.33. The summed E-state index contributed by atoms with van der Waals surface area (Å²) in [6.07, 6.45) is 2.23. The van der Waals surface area contributed by atoms with E-state index in [1.165, 1.54) is 7.11 Å². The van der Waals surface area contributed by atoms with E-state index in [0.717, 1.165) is 37.0 Å². The van der Waals surface area contributed by atoms with Gasteiger partial charge in [0, 0.05) is 61.2 Å². The summed E-state index contributed by atoms with van der Waals surface area (Å²) in [7, 11) is 1.27. The minimum absolute atomic E-state index is 0.113. The molecule has 1 heterocycles. The number of anilines is 1. The average Bonchev–Trinajstić information content (AvgIpc) is 2.82. The van der Waals surface area contributed by atoms with Crippen LogP contribution < -0.4 is 23.9 Å². The molecule has 1 saturated heterocycles. The molecule has 1 unspecified atom stereocenters. The first-order valence-corrected chi connectivity index (χ1v) is 12.4. The van der Waals surface area contributed by atoms with Crippen molar-refractivity contribution in [3.8, 4) is 17.2 Å². The summed E-state index contributed by atoms with van der Waals surface area (Å²) in [5.41, 5.74) is 0.929. The largest absolute Gasteiger partial charge is 0.496 e. The Balaban J connectivity index is 1.62. The average molecular weight is 471 g/mol. The number of rotatable bonds is 8. The van der Waals surface area contributed by atoms with Gasteiger partial charge in [-0.1, -0.05) is 24.3 Å². The minimum atomic E-state index is -4.10. The molecule has 1 aliphatic heterocycles. The van der Waals surface area contributed by atoms with Crippen LogP contribution in [0.3, 0.4) is 0 Å². The third-order valence-corrected chi connectivity index (χ3v) is 7.10. The molecule has 3 aromatic rings. The van der Waals surface area contributed by atoms with E-state index in [-0.39, 0.29) is 10.6 Å². The highest BCUT2D eigenvalue weighted by atomic mass is 32.2. The van der Waals surface area contributed by atoms with Crippen LogP contribution in [0.1, 0.15) is 12.8 Å². The van der Waals surface area contributed by atoms with Crippen molar-refractivity contribution >= 4 is 26.6 Å². The van der Waals surface area contributed by atoms with Crippen molar-refractivity contribution in [3.05, 3.63) is 54.6 Å². The quantitative estimate of drug-likeness (QED) is 0.498. The molecule has 0 aromatic heterocycles. The van der Waals surface area contributed by atoms with Gasteiger partial charge in [-0.05, 0) is 31.5 Å². The first-order valence-electron chi connectivity index (χ1n) is 11.0. The van der Waals surface area contributed by atoms with E-state index < -0.39 is 10.1 Å². The Morgan fingerprint density at radius 1 is 1.00 bits per heavy atom. The van der Waals surface area contributed by atoms with Gasteiger partial charge in [0.05, 0.1) is 13.7 Å². The Kier molecular flexibility index (Phi) is 6.95. The lowest BCUT2D eigenvalue weighted by atomic mass is 10.0. The molecule has 1 fully saturated rings. The predicted molar refractivity (Wildman–Crippen MR) is 130 cm³/mol. The van der Waals surface area contributed by atoms with Gasteiger partial charge in [-0.25, -0.2) is 0 Å². The summed E-state index contributed by atoms with van der Waals surface area (Å²) >= 11 is 0. The smallest absolute Gasteiger partial charge is 0.339 e. The molecule has 1 N–H and O–H groups in total. The minimum Gasteiger partial charge on any atom is -0.496 e. The van der Waals surface area contributed by atoms with Crippen molar-refractivity contribution in [1.82, 2.24) is 5.32 Å². The second kappa shape index (κ2) is 9.89. The molecule has 0 saturated carbocycles. The molecule has 33 heavy (non-hydrogen) atoms. The van der Waals surface area contributed by atoms with E-state index in [4.69, 9.17) is 13.7 Å². The maximum absolute atomic E-state index is 13.3. The van der Waals surface area contributed by atoms with Crippen LogP contribution >= 0.6 is 0 Å². The summed E-state index contributed by atoms with van der Waals surface area (Å²) < 4.78 is 43.4. The first kappa shape index (κ1) is 23.2. The van der Waals surface area contributed by atoms with Crippen LogP contribution in [-0.4, -0.2) is 49.3 Å². The van der Waals surface area contributed by atoms with E-state index in [1.807, 2.05) is 37.2 Å². The zero-order valence-electron chi connectivity index (χ0n) is 19.2. The third kappa shape index (κ3) is 5.34. The topological polar surface area (TPSA) is 77.1 Å². The Labute approximate surface area is 195 Å². The lowest BCUT2D eigenvalue weighted by Gasteiger charge is -2.23. The monoisotopic (exact) mass is 470 g/mol. The molecule has 0 amide bonds. The molecular formula is C25H30N2O5S. The van der Waals surface area contributed by atoms with Gasteiger partial charge in [-0.2, -0.15) is 8.42 Å². The number of methoxy groups -OCH3 is 1. The van der Waals surface area contributed by atoms with Crippen molar-refractivity contribution in [2.45, 2.75) is 17.7 Å². The molecule has 0 spiro atoms. The van der Waals surface area contributed by atoms with Crippen molar-refractivity contribution in [2.24, 2.45) is 5.92 Å². The number of piperidine rings is 1. The molecule has 0 radical (unpaired) electrons. The van der Waals surface area contributed by atoms with Crippen LogP contribution in [0.15, 0.2) is 59.5 Å². The molecule has 8 heteroatoms. The van der Waals surface area contributed by atoms with Crippen LogP contribution in [0.2, 0.25) is 0 Å². The number of nitrogens with zero attached hydrogens (tertiary/aromatic N) is 1. The second-order valence-corrected chi connectivity index (χ2v) is 9.94. The van der Waals surface area contributed by atoms with Gasteiger partial charge in [-0.3, -0.25) is 0 Å². The highest BCUT2D eigenvalue weighted by molar-refractivity contribution is 7.87. The van der Waals surface area contributed by atoms with Crippen molar-refractivity contribution < 1.29 is 22.1 Å². The zero-order chi connectivity index (χ0) is 23.4. The Morgan fingerprint density at radius 2 is 1.73 bits per heavy atom. The third-order valence-electron chi connectivity index (χ3n) is 5.79. The number of fused-ring (bicyclic) bond motifs is 1. The summed E-state index contributed by atoms with van der Waals surface area (Å²) in [6.45, 7) is 2.50. The van der Waals surface area contributed by atoms with E-state index in [1.54, 1.807) is 36.4 Å².